The van der Waals surface area contributed by atoms with Crippen molar-refractivity contribution in [3.05, 3.63) is 0 Å². The molecule has 0 aromatic carbocycles. The molecule has 0 aromatic heterocycles. The van der Waals surface area contributed by atoms with Crippen molar-refractivity contribution in [2.75, 3.05) is 11.5 Å². The van der Waals surface area contributed by atoms with Crippen molar-refractivity contribution in [3.8, 4) is 0 Å². The summed E-state index contributed by atoms with van der Waals surface area (Å²) in [6, 6.07) is 0.254. The fourth-order valence-corrected chi connectivity index (χ4v) is 9.82. The summed E-state index contributed by atoms with van der Waals surface area (Å²) in [7, 11) is -2.95. The van der Waals surface area contributed by atoms with E-state index in [0.717, 1.165) is 32.1 Å². The fraction of sp³-hybridized carbons (Fsp3) is 0.944. The summed E-state index contributed by atoms with van der Waals surface area (Å²) in [6.07, 6.45) is 9.55. The zero-order chi connectivity index (χ0) is 16.7. The number of sulfone groups is 1. The van der Waals surface area contributed by atoms with Gasteiger partial charge in [-0.3, -0.25) is 4.79 Å². The smallest absolute Gasteiger partial charge is 0.229 e. The molecule has 1 amide bonds. The van der Waals surface area contributed by atoms with Crippen LogP contribution in [0.2, 0.25) is 0 Å². The zero-order valence-corrected chi connectivity index (χ0v) is 16.4. The number of hydrogen-bond donors (Lipinski definition) is 0. The van der Waals surface area contributed by atoms with Crippen LogP contribution in [-0.2, 0) is 14.6 Å². The largest absolute Gasteiger partial charge is 0.335 e. The summed E-state index contributed by atoms with van der Waals surface area (Å²) >= 11 is 4.00. The van der Waals surface area contributed by atoms with Gasteiger partial charge < -0.3 is 4.90 Å². The van der Waals surface area contributed by atoms with E-state index in [9.17, 15) is 13.2 Å². The quantitative estimate of drug-likeness (QED) is 0.665. The Balaban J connectivity index is 1.46. The lowest BCUT2D eigenvalue weighted by Crippen LogP contribution is -2.60. The summed E-state index contributed by atoms with van der Waals surface area (Å²) in [6.45, 7) is 0. The summed E-state index contributed by atoms with van der Waals surface area (Å²) in [5.41, 5.74) is -0.206. The van der Waals surface area contributed by atoms with Crippen LogP contribution in [0.1, 0.15) is 57.8 Å². The molecule has 4 bridgehead atoms. The van der Waals surface area contributed by atoms with Gasteiger partial charge in [-0.1, -0.05) is 15.9 Å². The Kier molecular flexibility index (Phi) is 3.35. The summed E-state index contributed by atoms with van der Waals surface area (Å²) < 4.78 is 24.1. The minimum absolute atomic E-state index is 0.0609. The molecule has 0 radical (unpaired) electrons. The molecule has 0 spiro atoms. The minimum atomic E-state index is -2.95. The van der Waals surface area contributed by atoms with Crippen LogP contribution in [0.15, 0.2) is 0 Å². The molecule has 5 aliphatic carbocycles. The van der Waals surface area contributed by atoms with Crippen molar-refractivity contribution in [2.45, 2.75) is 74.2 Å². The molecule has 6 aliphatic rings. The number of carbonyl (C=O) groups excluding carboxylic acids is 1. The van der Waals surface area contributed by atoms with Gasteiger partial charge in [-0.15, -0.1) is 0 Å². The van der Waals surface area contributed by atoms with E-state index < -0.39 is 9.84 Å². The summed E-state index contributed by atoms with van der Waals surface area (Å²) in [5, 5.41) is 0. The maximum atomic E-state index is 13.7. The summed E-state index contributed by atoms with van der Waals surface area (Å²) in [4.78, 5) is 15.8. The van der Waals surface area contributed by atoms with Gasteiger partial charge in [-0.2, -0.15) is 0 Å². The Bertz CT molecular complexity index is 672. The van der Waals surface area contributed by atoms with Gasteiger partial charge in [0.2, 0.25) is 5.91 Å². The second kappa shape index (κ2) is 4.99. The first-order valence-electron chi connectivity index (χ1n) is 9.50. The van der Waals surface area contributed by atoms with Crippen molar-refractivity contribution < 1.29 is 13.2 Å². The number of halogens is 1. The lowest BCUT2D eigenvalue weighted by Gasteiger charge is -2.60. The lowest BCUT2D eigenvalue weighted by atomic mass is 9.49. The Morgan fingerprint density at radius 2 is 1.67 bits per heavy atom. The third-order valence-electron chi connectivity index (χ3n) is 7.22. The van der Waals surface area contributed by atoms with Gasteiger partial charge in [0.15, 0.2) is 9.84 Å². The molecule has 4 nitrogen and oxygen atoms in total. The number of nitrogens with zero attached hydrogens (tertiary/aromatic N) is 1. The molecule has 1 heterocycles. The lowest BCUT2D eigenvalue weighted by molar-refractivity contribution is -0.158. The zero-order valence-electron chi connectivity index (χ0n) is 14.0. The molecule has 134 valence electrons. The Hall–Kier alpha value is -0.100. The SMILES string of the molecule is O=C(N(C1CC1)C1CCS(=O)(=O)C1)C12CC3CC(CC(Br)(C3)C1)C2. The van der Waals surface area contributed by atoms with E-state index in [2.05, 4.69) is 20.8 Å². The molecule has 0 aromatic rings. The Morgan fingerprint density at radius 1 is 1.00 bits per heavy atom. The van der Waals surface area contributed by atoms with Gasteiger partial charge in [0, 0.05) is 16.4 Å². The highest BCUT2D eigenvalue weighted by atomic mass is 79.9. The van der Waals surface area contributed by atoms with E-state index in [1.807, 2.05) is 0 Å². The predicted molar refractivity (Wildman–Crippen MR) is 95.7 cm³/mol. The summed E-state index contributed by atoms with van der Waals surface area (Å²) in [5.74, 6) is 2.13. The minimum Gasteiger partial charge on any atom is -0.335 e. The molecular formula is C18H26BrNO3S. The van der Waals surface area contributed by atoms with Crippen molar-refractivity contribution in [2.24, 2.45) is 17.3 Å². The van der Waals surface area contributed by atoms with Crippen LogP contribution in [0.4, 0.5) is 0 Å². The van der Waals surface area contributed by atoms with Crippen LogP contribution >= 0.6 is 15.9 Å². The Morgan fingerprint density at radius 3 is 2.17 bits per heavy atom. The number of carbonyl (C=O) groups is 1. The van der Waals surface area contributed by atoms with Crippen LogP contribution in [0.5, 0.6) is 0 Å². The van der Waals surface area contributed by atoms with Crippen molar-refractivity contribution in [3.63, 3.8) is 0 Å². The van der Waals surface area contributed by atoms with Crippen molar-refractivity contribution in [1.29, 1.82) is 0 Å². The predicted octanol–water partition coefficient (Wildman–Crippen LogP) is 2.90. The van der Waals surface area contributed by atoms with Gasteiger partial charge in [0.25, 0.3) is 0 Å². The van der Waals surface area contributed by atoms with Crippen LogP contribution in [0, 0.1) is 17.3 Å². The molecule has 1 saturated heterocycles. The molecule has 3 unspecified atom stereocenters. The first-order valence-corrected chi connectivity index (χ1v) is 12.1. The van der Waals surface area contributed by atoms with Crippen LogP contribution in [0.3, 0.4) is 0 Å². The third kappa shape index (κ3) is 2.50. The molecule has 1 aliphatic heterocycles. The molecule has 3 atom stereocenters. The molecule has 6 heteroatoms. The fourth-order valence-electron chi connectivity index (χ4n) is 6.65. The van der Waals surface area contributed by atoms with Gasteiger partial charge in [0.1, 0.15) is 0 Å². The van der Waals surface area contributed by atoms with E-state index in [1.54, 1.807) is 0 Å². The second-order valence-corrected chi connectivity index (χ2v) is 13.3. The molecule has 6 rings (SSSR count). The standard InChI is InChI=1S/C18H26BrNO3S/c19-18-8-12-5-13(9-18)7-17(6-12,11-18)16(21)20(14-1-2-14)15-3-4-24(22,23)10-15/h12-15H,1-11H2. The molecule has 24 heavy (non-hydrogen) atoms. The van der Waals surface area contributed by atoms with E-state index in [-0.39, 0.29) is 27.3 Å². The van der Waals surface area contributed by atoms with Gasteiger partial charge in [-0.25, -0.2) is 8.42 Å². The number of hydrogen-bond acceptors (Lipinski definition) is 3. The van der Waals surface area contributed by atoms with Crippen LogP contribution in [-0.4, -0.2) is 47.1 Å². The first kappa shape index (κ1) is 16.1. The average Bonchev–Trinajstić information content (AvgIpc) is 3.20. The second-order valence-electron chi connectivity index (χ2n) is 9.39. The average molecular weight is 416 g/mol. The molecular weight excluding hydrogens is 390 g/mol. The maximum Gasteiger partial charge on any atom is 0.229 e. The highest BCUT2D eigenvalue weighted by Crippen LogP contribution is 2.65. The topological polar surface area (TPSA) is 54.5 Å². The van der Waals surface area contributed by atoms with Gasteiger partial charge >= 0.3 is 0 Å². The van der Waals surface area contributed by atoms with Gasteiger partial charge in [0.05, 0.1) is 16.9 Å². The van der Waals surface area contributed by atoms with Crippen LogP contribution in [0.25, 0.3) is 0 Å². The highest BCUT2D eigenvalue weighted by molar-refractivity contribution is 9.10. The van der Waals surface area contributed by atoms with E-state index in [1.165, 1.54) is 19.3 Å². The van der Waals surface area contributed by atoms with E-state index >= 15 is 0 Å². The highest BCUT2D eigenvalue weighted by Gasteiger charge is 2.61. The van der Waals surface area contributed by atoms with Gasteiger partial charge in [-0.05, 0) is 69.6 Å². The maximum absolute atomic E-state index is 13.7. The van der Waals surface area contributed by atoms with Crippen molar-refractivity contribution in [1.82, 2.24) is 4.90 Å². The number of alkyl halides is 1. The monoisotopic (exact) mass is 415 g/mol. The molecule has 0 N–H and O–H groups in total. The van der Waals surface area contributed by atoms with Crippen LogP contribution < -0.4 is 0 Å². The molecule has 5 saturated carbocycles. The Labute approximate surface area is 152 Å². The normalized spacial score (nSPS) is 48.6. The number of rotatable bonds is 3. The third-order valence-corrected chi connectivity index (χ3v) is 9.90. The number of amides is 1. The van der Waals surface area contributed by atoms with E-state index in [0.29, 0.717) is 30.2 Å². The van der Waals surface area contributed by atoms with Crippen molar-refractivity contribution >= 4 is 31.7 Å². The first-order chi connectivity index (χ1) is 11.3. The van der Waals surface area contributed by atoms with E-state index in [4.69, 9.17) is 0 Å². The molecule has 6 fully saturated rings.